The molecule has 0 unspecified atom stereocenters. The highest BCUT2D eigenvalue weighted by Gasteiger charge is 2.27. The average Bonchev–Trinajstić information content (AvgIpc) is 2.80. The third-order valence-corrected chi connectivity index (χ3v) is 4.88. The van der Waals surface area contributed by atoms with E-state index in [1.807, 2.05) is 0 Å². The summed E-state index contributed by atoms with van der Waals surface area (Å²) < 4.78 is 36.2. The van der Waals surface area contributed by atoms with Crippen LogP contribution in [0, 0.1) is 0 Å². The molecule has 0 spiro atoms. The van der Waals surface area contributed by atoms with Gasteiger partial charge in [0.25, 0.3) is 0 Å². The zero-order valence-corrected chi connectivity index (χ0v) is 12.5. The molecule has 1 fully saturated rings. The molecule has 1 aromatic rings. The van der Waals surface area contributed by atoms with Crippen molar-refractivity contribution in [2.75, 3.05) is 26.8 Å². The Labute approximate surface area is 122 Å². The number of sulfonamides is 1. The van der Waals surface area contributed by atoms with E-state index in [1.54, 1.807) is 0 Å². The highest BCUT2D eigenvalue weighted by atomic mass is 35.5. The van der Waals surface area contributed by atoms with Crippen molar-refractivity contribution in [2.24, 2.45) is 0 Å². The molecule has 1 aliphatic rings. The fourth-order valence-corrected chi connectivity index (χ4v) is 3.56. The molecule has 0 N–H and O–H groups in total. The van der Waals surface area contributed by atoms with Crippen LogP contribution in [0.25, 0.3) is 0 Å². The number of ether oxygens (including phenoxy) is 2. The van der Waals surface area contributed by atoms with Crippen LogP contribution in [0.2, 0.25) is 10.0 Å². The van der Waals surface area contributed by atoms with Crippen LogP contribution in [0.4, 0.5) is 0 Å². The normalized spacial score (nSPS) is 17.3. The van der Waals surface area contributed by atoms with Crippen molar-refractivity contribution in [3.63, 3.8) is 0 Å². The molecule has 19 heavy (non-hydrogen) atoms. The van der Waals surface area contributed by atoms with Gasteiger partial charge in [-0.1, -0.05) is 23.2 Å². The van der Waals surface area contributed by atoms with Gasteiger partial charge in [0.1, 0.15) is 0 Å². The van der Waals surface area contributed by atoms with Crippen LogP contribution < -0.4 is 0 Å². The van der Waals surface area contributed by atoms with Crippen LogP contribution >= 0.6 is 23.2 Å². The van der Waals surface area contributed by atoms with Gasteiger partial charge in [-0.05, 0) is 18.2 Å². The Balaban J connectivity index is 2.20. The van der Waals surface area contributed by atoms with Gasteiger partial charge in [0.2, 0.25) is 10.0 Å². The molecule has 0 radical (unpaired) electrons. The molecular formula is C11H13Cl2NO4S. The monoisotopic (exact) mass is 325 g/mol. The van der Waals surface area contributed by atoms with Gasteiger partial charge in [0, 0.05) is 17.1 Å². The molecule has 0 amide bonds. The molecular weight excluding hydrogens is 313 g/mol. The SMILES string of the molecule is CN(CC1OCCO1)S(=O)(=O)c1cc(Cl)cc(Cl)c1. The first-order chi connectivity index (χ1) is 8.89. The maximum atomic E-state index is 12.3. The van der Waals surface area contributed by atoms with Crippen LogP contribution in [0.15, 0.2) is 23.1 Å². The quantitative estimate of drug-likeness (QED) is 0.849. The molecule has 0 aliphatic carbocycles. The minimum Gasteiger partial charge on any atom is -0.349 e. The Morgan fingerprint density at radius 1 is 1.21 bits per heavy atom. The number of halogens is 2. The molecule has 0 bridgehead atoms. The van der Waals surface area contributed by atoms with Gasteiger partial charge in [-0.2, -0.15) is 4.31 Å². The molecule has 5 nitrogen and oxygen atoms in total. The number of hydrogen-bond donors (Lipinski definition) is 0. The van der Waals surface area contributed by atoms with Gasteiger partial charge < -0.3 is 9.47 Å². The first kappa shape index (κ1) is 15.0. The summed E-state index contributed by atoms with van der Waals surface area (Å²) >= 11 is 11.6. The molecule has 0 atom stereocenters. The van der Waals surface area contributed by atoms with Gasteiger partial charge in [-0.3, -0.25) is 0 Å². The van der Waals surface area contributed by atoms with Crippen molar-refractivity contribution in [3.05, 3.63) is 28.2 Å². The minimum absolute atomic E-state index is 0.0468. The first-order valence-corrected chi connectivity index (χ1v) is 7.75. The van der Waals surface area contributed by atoms with Crippen molar-refractivity contribution in [1.82, 2.24) is 4.31 Å². The first-order valence-electron chi connectivity index (χ1n) is 5.55. The largest absolute Gasteiger partial charge is 0.349 e. The molecule has 8 heteroatoms. The van der Waals surface area contributed by atoms with Gasteiger partial charge in [-0.15, -0.1) is 0 Å². The molecule has 106 valence electrons. The maximum Gasteiger partial charge on any atom is 0.243 e. The summed E-state index contributed by atoms with van der Waals surface area (Å²) in [4.78, 5) is 0.0468. The lowest BCUT2D eigenvalue weighted by Gasteiger charge is -2.20. The lowest BCUT2D eigenvalue weighted by molar-refractivity contribution is -0.0482. The highest BCUT2D eigenvalue weighted by Crippen LogP contribution is 2.24. The van der Waals surface area contributed by atoms with Crippen molar-refractivity contribution >= 4 is 33.2 Å². The van der Waals surface area contributed by atoms with E-state index in [-0.39, 0.29) is 21.5 Å². The summed E-state index contributed by atoms with van der Waals surface area (Å²) in [6, 6.07) is 4.19. The number of likely N-dealkylation sites (N-methyl/N-ethyl adjacent to an activating group) is 1. The molecule has 1 saturated heterocycles. The lowest BCUT2D eigenvalue weighted by Crippen LogP contribution is -2.34. The smallest absolute Gasteiger partial charge is 0.243 e. The Bertz CT molecular complexity index is 538. The molecule has 2 rings (SSSR count). The topological polar surface area (TPSA) is 55.8 Å². The fraction of sp³-hybridized carbons (Fsp3) is 0.455. The van der Waals surface area contributed by atoms with Crippen LogP contribution in [-0.4, -0.2) is 45.8 Å². The second-order valence-electron chi connectivity index (χ2n) is 4.06. The molecule has 0 saturated carbocycles. The van der Waals surface area contributed by atoms with Crippen LogP contribution in [0.3, 0.4) is 0 Å². The van der Waals surface area contributed by atoms with Gasteiger partial charge in [0.05, 0.1) is 24.7 Å². The number of hydrogen-bond acceptors (Lipinski definition) is 4. The maximum absolute atomic E-state index is 12.3. The van der Waals surface area contributed by atoms with Crippen molar-refractivity contribution in [1.29, 1.82) is 0 Å². The summed E-state index contributed by atoms with van der Waals surface area (Å²) in [6.07, 6.45) is -0.533. The number of rotatable bonds is 4. The van der Waals surface area contributed by atoms with E-state index >= 15 is 0 Å². The van der Waals surface area contributed by atoms with E-state index in [0.717, 1.165) is 4.31 Å². The van der Waals surface area contributed by atoms with Crippen molar-refractivity contribution in [3.8, 4) is 0 Å². The second kappa shape index (κ2) is 5.95. The second-order valence-corrected chi connectivity index (χ2v) is 6.98. The summed E-state index contributed by atoms with van der Waals surface area (Å²) in [5, 5.41) is 0.542. The standard InChI is InChI=1S/C11H13Cl2NO4S/c1-14(7-11-17-2-3-18-11)19(15,16)10-5-8(12)4-9(13)6-10/h4-6,11H,2-3,7H2,1H3. The van der Waals surface area contributed by atoms with E-state index < -0.39 is 16.3 Å². The summed E-state index contributed by atoms with van der Waals surface area (Å²) in [5.74, 6) is 0. The van der Waals surface area contributed by atoms with Crippen LogP contribution in [0.1, 0.15) is 0 Å². The van der Waals surface area contributed by atoms with Gasteiger partial charge in [-0.25, -0.2) is 8.42 Å². The molecule has 0 aromatic heterocycles. The third kappa shape index (κ3) is 3.59. The van der Waals surface area contributed by atoms with E-state index in [0.29, 0.717) is 13.2 Å². The fourth-order valence-electron chi connectivity index (χ4n) is 1.68. The number of benzene rings is 1. The van der Waals surface area contributed by atoms with Crippen molar-refractivity contribution in [2.45, 2.75) is 11.2 Å². The predicted octanol–water partition coefficient (Wildman–Crippen LogP) is 1.99. The minimum atomic E-state index is -3.67. The average molecular weight is 326 g/mol. The predicted molar refractivity (Wildman–Crippen MR) is 72.0 cm³/mol. The molecule has 1 aliphatic heterocycles. The van der Waals surface area contributed by atoms with Gasteiger partial charge in [0.15, 0.2) is 6.29 Å². The van der Waals surface area contributed by atoms with Crippen LogP contribution in [0.5, 0.6) is 0 Å². The molecule has 1 aromatic carbocycles. The third-order valence-electron chi connectivity index (χ3n) is 2.64. The Kier molecular flexibility index (Phi) is 4.70. The van der Waals surface area contributed by atoms with E-state index in [2.05, 4.69) is 0 Å². The molecule has 1 heterocycles. The number of nitrogens with zero attached hydrogens (tertiary/aromatic N) is 1. The summed E-state index contributed by atoms with van der Waals surface area (Å²) in [6.45, 7) is 1.07. The zero-order valence-electron chi connectivity index (χ0n) is 10.2. The van der Waals surface area contributed by atoms with Gasteiger partial charge >= 0.3 is 0 Å². The summed E-state index contributed by atoms with van der Waals surface area (Å²) in [5.41, 5.74) is 0. The Hall–Kier alpha value is -0.370. The Morgan fingerprint density at radius 2 is 1.74 bits per heavy atom. The van der Waals surface area contributed by atoms with Crippen molar-refractivity contribution < 1.29 is 17.9 Å². The van der Waals surface area contributed by atoms with E-state index in [1.165, 1.54) is 25.2 Å². The Morgan fingerprint density at radius 3 is 2.26 bits per heavy atom. The van der Waals surface area contributed by atoms with E-state index in [9.17, 15) is 8.42 Å². The zero-order chi connectivity index (χ0) is 14.0. The van der Waals surface area contributed by atoms with Crippen LogP contribution in [-0.2, 0) is 19.5 Å². The highest BCUT2D eigenvalue weighted by molar-refractivity contribution is 7.89. The summed E-state index contributed by atoms with van der Waals surface area (Å²) in [7, 11) is -2.21. The lowest BCUT2D eigenvalue weighted by atomic mass is 10.4. The van der Waals surface area contributed by atoms with E-state index in [4.69, 9.17) is 32.7 Å².